The molecule has 4 nitrogen and oxygen atoms in total. The Balaban J connectivity index is 2.51. The Labute approximate surface area is 129 Å². The van der Waals surface area contributed by atoms with Gasteiger partial charge in [-0.1, -0.05) is 0 Å². The van der Waals surface area contributed by atoms with Crippen LogP contribution in [0.4, 0.5) is 5.82 Å². The molecule has 2 heterocycles. The predicted molar refractivity (Wildman–Crippen MR) is 89.6 cm³/mol. The quantitative estimate of drug-likeness (QED) is 0.895. The first-order valence-electron chi connectivity index (χ1n) is 8.04. The van der Waals surface area contributed by atoms with Crippen LogP contribution < -0.4 is 5.32 Å². The van der Waals surface area contributed by atoms with Crippen LogP contribution in [0, 0.1) is 0 Å². The molecule has 0 amide bonds. The Morgan fingerprint density at radius 2 is 1.71 bits per heavy atom. The smallest absolute Gasteiger partial charge is 0.129 e. The second-order valence-electron chi connectivity index (χ2n) is 8.68. The second-order valence-corrected chi connectivity index (χ2v) is 8.68. The molecule has 1 aliphatic heterocycles. The van der Waals surface area contributed by atoms with Gasteiger partial charge in [-0.3, -0.25) is 4.90 Å². The average Bonchev–Trinajstić information content (AvgIpc) is 2.72. The molecule has 0 radical (unpaired) electrons. The van der Waals surface area contributed by atoms with Crippen LogP contribution >= 0.6 is 0 Å². The van der Waals surface area contributed by atoms with Crippen molar-refractivity contribution in [3.8, 4) is 0 Å². The first-order chi connectivity index (χ1) is 9.38. The van der Waals surface area contributed by atoms with Crippen LogP contribution in [0.15, 0.2) is 0 Å². The van der Waals surface area contributed by atoms with Crippen LogP contribution in [0.2, 0.25) is 0 Å². The normalized spacial score (nSPS) is 18.9. The Morgan fingerprint density at radius 3 is 2.14 bits per heavy atom. The zero-order chi connectivity index (χ0) is 16.2. The molecule has 120 valence electrons. The number of fused-ring (bicyclic) bond motifs is 1. The highest BCUT2D eigenvalue weighted by molar-refractivity contribution is 5.53. The molecule has 0 saturated heterocycles. The van der Waals surface area contributed by atoms with E-state index in [1.165, 1.54) is 17.1 Å². The standard InChI is InChI=1S/C17H32N4/c1-10-20-14(18-15(2,3)4)12-11-21(16(5,6)7)17(8,9)13(12)19-20/h18H,10-11H2,1-9H3. The minimum absolute atomic E-state index is 0.0255. The van der Waals surface area contributed by atoms with Crippen LogP contribution in [-0.4, -0.2) is 25.8 Å². The van der Waals surface area contributed by atoms with Crippen molar-refractivity contribution in [1.82, 2.24) is 14.7 Å². The van der Waals surface area contributed by atoms with Gasteiger partial charge in [0.25, 0.3) is 0 Å². The molecule has 0 aromatic carbocycles. The van der Waals surface area contributed by atoms with Gasteiger partial charge in [0.15, 0.2) is 0 Å². The summed E-state index contributed by atoms with van der Waals surface area (Å²) in [7, 11) is 0. The zero-order valence-electron chi connectivity index (χ0n) is 15.3. The van der Waals surface area contributed by atoms with E-state index in [0.29, 0.717) is 0 Å². The molecule has 1 aromatic rings. The fourth-order valence-electron chi connectivity index (χ4n) is 3.42. The molecular formula is C17H32N4. The Hall–Kier alpha value is -1.03. The molecule has 0 unspecified atom stereocenters. The molecule has 0 atom stereocenters. The second kappa shape index (κ2) is 4.73. The van der Waals surface area contributed by atoms with Gasteiger partial charge in [0.05, 0.1) is 11.2 Å². The SMILES string of the molecule is CCn1nc2c(c1NC(C)(C)C)CN(C(C)(C)C)C2(C)C. The summed E-state index contributed by atoms with van der Waals surface area (Å²) in [5.41, 5.74) is 2.74. The Bertz CT molecular complexity index is 526. The van der Waals surface area contributed by atoms with E-state index >= 15 is 0 Å². The molecule has 0 saturated carbocycles. The third kappa shape index (κ3) is 2.83. The summed E-state index contributed by atoms with van der Waals surface area (Å²) in [5, 5.41) is 8.59. The number of nitrogens with zero attached hydrogens (tertiary/aromatic N) is 3. The third-order valence-corrected chi connectivity index (χ3v) is 4.22. The van der Waals surface area contributed by atoms with Crippen molar-refractivity contribution >= 4 is 5.82 Å². The Morgan fingerprint density at radius 1 is 1.14 bits per heavy atom. The fraction of sp³-hybridized carbons (Fsp3) is 0.824. The maximum Gasteiger partial charge on any atom is 0.129 e. The molecule has 1 aliphatic rings. The van der Waals surface area contributed by atoms with Crippen LogP contribution in [0.25, 0.3) is 0 Å². The summed E-state index contributed by atoms with van der Waals surface area (Å²) in [4.78, 5) is 2.55. The lowest BCUT2D eigenvalue weighted by Gasteiger charge is -2.42. The van der Waals surface area contributed by atoms with E-state index in [1.54, 1.807) is 0 Å². The zero-order valence-corrected chi connectivity index (χ0v) is 15.3. The number of hydrogen-bond donors (Lipinski definition) is 1. The largest absolute Gasteiger partial charge is 0.365 e. The summed E-state index contributed by atoms with van der Waals surface area (Å²) in [6.07, 6.45) is 0. The lowest BCUT2D eigenvalue weighted by atomic mass is 9.95. The number of anilines is 1. The number of nitrogens with one attached hydrogen (secondary N) is 1. The minimum atomic E-state index is -0.0255. The lowest BCUT2D eigenvalue weighted by Crippen LogP contribution is -2.48. The van der Waals surface area contributed by atoms with Crippen molar-refractivity contribution in [2.24, 2.45) is 0 Å². The molecule has 4 heteroatoms. The van der Waals surface area contributed by atoms with Crippen molar-refractivity contribution in [1.29, 1.82) is 0 Å². The number of aromatic nitrogens is 2. The highest BCUT2D eigenvalue weighted by atomic mass is 15.4. The molecule has 0 aliphatic carbocycles. The molecule has 21 heavy (non-hydrogen) atoms. The Kier molecular flexibility index (Phi) is 3.68. The molecule has 2 rings (SSSR count). The van der Waals surface area contributed by atoms with Gasteiger partial charge < -0.3 is 5.32 Å². The van der Waals surface area contributed by atoms with Gasteiger partial charge in [-0.05, 0) is 62.3 Å². The summed E-state index contributed by atoms with van der Waals surface area (Å²) >= 11 is 0. The van der Waals surface area contributed by atoms with E-state index in [4.69, 9.17) is 5.10 Å². The summed E-state index contributed by atoms with van der Waals surface area (Å²) in [6.45, 7) is 22.1. The average molecular weight is 292 g/mol. The molecule has 1 N–H and O–H groups in total. The number of rotatable bonds is 2. The van der Waals surface area contributed by atoms with Crippen LogP contribution in [-0.2, 0) is 18.6 Å². The topological polar surface area (TPSA) is 33.1 Å². The van der Waals surface area contributed by atoms with Gasteiger partial charge in [0.1, 0.15) is 5.82 Å². The summed E-state index contributed by atoms with van der Waals surface area (Å²) < 4.78 is 2.12. The first kappa shape index (κ1) is 16.3. The van der Waals surface area contributed by atoms with Gasteiger partial charge in [0.2, 0.25) is 0 Å². The van der Waals surface area contributed by atoms with Crippen molar-refractivity contribution in [3.63, 3.8) is 0 Å². The summed E-state index contributed by atoms with van der Waals surface area (Å²) in [5.74, 6) is 1.19. The van der Waals surface area contributed by atoms with Crippen molar-refractivity contribution in [2.75, 3.05) is 5.32 Å². The van der Waals surface area contributed by atoms with E-state index < -0.39 is 0 Å². The molecule has 0 bridgehead atoms. The van der Waals surface area contributed by atoms with Gasteiger partial charge in [-0.2, -0.15) is 5.10 Å². The van der Waals surface area contributed by atoms with E-state index in [9.17, 15) is 0 Å². The minimum Gasteiger partial charge on any atom is -0.365 e. The van der Waals surface area contributed by atoms with Gasteiger partial charge in [-0.25, -0.2) is 4.68 Å². The fourth-order valence-corrected chi connectivity index (χ4v) is 3.42. The highest BCUT2D eigenvalue weighted by Gasteiger charge is 2.46. The van der Waals surface area contributed by atoms with Gasteiger partial charge in [0, 0.05) is 29.7 Å². The summed E-state index contributed by atoms with van der Waals surface area (Å²) in [6, 6.07) is 0. The number of hydrogen-bond acceptors (Lipinski definition) is 3. The lowest BCUT2D eigenvalue weighted by molar-refractivity contribution is 0.0325. The van der Waals surface area contributed by atoms with Crippen molar-refractivity contribution in [3.05, 3.63) is 11.3 Å². The maximum absolute atomic E-state index is 4.92. The molecular weight excluding hydrogens is 260 g/mol. The predicted octanol–water partition coefficient (Wildman–Crippen LogP) is 3.96. The van der Waals surface area contributed by atoms with E-state index in [-0.39, 0.29) is 16.6 Å². The van der Waals surface area contributed by atoms with Crippen LogP contribution in [0.3, 0.4) is 0 Å². The van der Waals surface area contributed by atoms with E-state index in [0.717, 1.165) is 13.1 Å². The van der Waals surface area contributed by atoms with E-state index in [2.05, 4.69) is 77.2 Å². The number of aryl methyl sites for hydroxylation is 1. The monoisotopic (exact) mass is 292 g/mol. The first-order valence-corrected chi connectivity index (χ1v) is 8.04. The molecule has 0 spiro atoms. The van der Waals surface area contributed by atoms with Gasteiger partial charge in [-0.15, -0.1) is 0 Å². The maximum atomic E-state index is 4.92. The van der Waals surface area contributed by atoms with Crippen LogP contribution in [0.5, 0.6) is 0 Å². The van der Waals surface area contributed by atoms with Crippen LogP contribution in [0.1, 0.15) is 73.6 Å². The van der Waals surface area contributed by atoms with E-state index in [1.807, 2.05) is 0 Å². The van der Waals surface area contributed by atoms with Crippen molar-refractivity contribution in [2.45, 2.75) is 92.0 Å². The van der Waals surface area contributed by atoms with Gasteiger partial charge >= 0.3 is 0 Å². The van der Waals surface area contributed by atoms with Crippen molar-refractivity contribution < 1.29 is 0 Å². The molecule has 1 aromatic heterocycles. The molecule has 0 fully saturated rings. The highest BCUT2D eigenvalue weighted by Crippen LogP contribution is 2.45. The third-order valence-electron chi connectivity index (χ3n) is 4.22.